The normalized spacial score (nSPS) is 16.6. The second-order valence-electron chi connectivity index (χ2n) is 6.41. The molecule has 0 unspecified atom stereocenters. The monoisotopic (exact) mass is 314 g/mol. The average molecular weight is 314 g/mol. The summed E-state index contributed by atoms with van der Waals surface area (Å²) < 4.78 is 0. The molecule has 0 spiro atoms. The molecule has 0 amide bonds. The van der Waals surface area contributed by atoms with Crippen LogP contribution in [0.25, 0.3) is 10.8 Å². The highest BCUT2D eigenvalue weighted by Crippen LogP contribution is 2.33. The summed E-state index contributed by atoms with van der Waals surface area (Å²) in [6.07, 6.45) is 5.68. The third kappa shape index (κ3) is 3.27. The number of rotatable bonds is 4. The van der Waals surface area contributed by atoms with E-state index in [1.165, 1.54) is 12.8 Å². The molecule has 2 heterocycles. The Hall–Kier alpha value is -2.21. The number of benzene rings is 1. The van der Waals surface area contributed by atoms with Crippen LogP contribution in [-0.2, 0) is 0 Å². The number of aromatic nitrogens is 1. The van der Waals surface area contributed by atoms with Gasteiger partial charge in [0.1, 0.15) is 0 Å². The van der Waals surface area contributed by atoms with Crippen LogP contribution in [0.1, 0.15) is 12.8 Å². The minimum Gasteiger partial charge on any atom is -0.374 e. The molecule has 122 valence electrons. The lowest BCUT2D eigenvalue weighted by molar-refractivity contribution is -0.383. The fourth-order valence-corrected chi connectivity index (χ4v) is 3.38. The van der Waals surface area contributed by atoms with Crippen molar-refractivity contribution in [2.24, 2.45) is 5.92 Å². The van der Waals surface area contributed by atoms with E-state index < -0.39 is 0 Å². The molecule has 6 heteroatoms. The lowest BCUT2D eigenvalue weighted by atomic mass is 9.96. The van der Waals surface area contributed by atoms with Gasteiger partial charge < -0.3 is 9.80 Å². The van der Waals surface area contributed by atoms with Crippen LogP contribution in [0.4, 0.5) is 11.4 Å². The summed E-state index contributed by atoms with van der Waals surface area (Å²) in [5.74, 6) is 0.670. The van der Waals surface area contributed by atoms with Gasteiger partial charge in [-0.15, -0.1) is 0 Å². The summed E-state index contributed by atoms with van der Waals surface area (Å²) in [4.78, 5) is 19.5. The Balaban J connectivity index is 1.87. The van der Waals surface area contributed by atoms with Crippen LogP contribution in [0.2, 0.25) is 0 Å². The molecular weight excluding hydrogens is 292 g/mol. The minimum absolute atomic E-state index is 0.115. The lowest BCUT2D eigenvalue weighted by Gasteiger charge is -2.32. The van der Waals surface area contributed by atoms with Gasteiger partial charge in [-0.25, -0.2) is 0 Å². The van der Waals surface area contributed by atoms with Crippen molar-refractivity contribution in [3.05, 3.63) is 40.7 Å². The first-order valence-electron chi connectivity index (χ1n) is 7.97. The SMILES string of the molecule is CN1CCC(CN(C)c2ccc([N+](=O)[O-])c3cnccc23)CC1. The zero-order valence-electron chi connectivity index (χ0n) is 13.6. The number of non-ortho nitro benzene ring substituents is 1. The van der Waals surface area contributed by atoms with Gasteiger partial charge >= 0.3 is 0 Å². The molecule has 0 aliphatic carbocycles. The van der Waals surface area contributed by atoms with Gasteiger partial charge in [-0.05, 0) is 51.0 Å². The number of hydrogen-bond donors (Lipinski definition) is 0. The number of likely N-dealkylation sites (tertiary alicyclic amines) is 1. The van der Waals surface area contributed by atoms with Crippen LogP contribution in [-0.4, -0.2) is 48.5 Å². The molecule has 6 nitrogen and oxygen atoms in total. The molecule has 1 saturated heterocycles. The van der Waals surface area contributed by atoms with E-state index in [2.05, 4.69) is 28.9 Å². The van der Waals surface area contributed by atoms with Crippen LogP contribution in [0.5, 0.6) is 0 Å². The van der Waals surface area contributed by atoms with E-state index in [-0.39, 0.29) is 10.6 Å². The van der Waals surface area contributed by atoms with Gasteiger partial charge in [0.25, 0.3) is 5.69 Å². The highest BCUT2D eigenvalue weighted by Gasteiger charge is 2.21. The van der Waals surface area contributed by atoms with Gasteiger partial charge in [-0.3, -0.25) is 15.1 Å². The average Bonchev–Trinajstić information content (AvgIpc) is 2.55. The van der Waals surface area contributed by atoms with Gasteiger partial charge in [-0.1, -0.05) is 0 Å². The molecule has 0 saturated carbocycles. The largest absolute Gasteiger partial charge is 0.374 e. The minimum atomic E-state index is -0.342. The maximum absolute atomic E-state index is 11.2. The van der Waals surface area contributed by atoms with Crippen molar-refractivity contribution in [3.8, 4) is 0 Å². The van der Waals surface area contributed by atoms with Crippen LogP contribution >= 0.6 is 0 Å². The number of nitrogens with zero attached hydrogens (tertiary/aromatic N) is 4. The van der Waals surface area contributed by atoms with Crippen molar-refractivity contribution < 1.29 is 4.92 Å². The Labute approximate surface area is 135 Å². The molecule has 1 fully saturated rings. The summed E-state index contributed by atoms with van der Waals surface area (Å²) >= 11 is 0. The number of anilines is 1. The zero-order valence-corrected chi connectivity index (χ0v) is 13.6. The number of pyridine rings is 1. The highest BCUT2D eigenvalue weighted by molar-refractivity contribution is 5.99. The molecule has 1 aliphatic heterocycles. The predicted molar refractivity (Wildman–Crippen MR) is 91.9 cm³/mol. The standard InChI is InChI=1S/C17H22N4O2/c1-19-9-6-13(7-10-19)12-20(2)16-3-4-17(21(22)23)15-11-18-8-5-14(15)16/h3-5,8,11,13H,6-7,9-10,12H2,1-2H3. The first-order chi connectivity index (χ1) is 11.1. The van der Waals surface area contributed by atoms with Crippen LogP contribution in [0.3, 0.4) is 0 Å². The van der Waals surface area contributed by atoms with E-state index in [0.717, 1.165) is 30.7 Å². The lowest BCUT2D eigenvalue weighted by Crippen LogP contribution is -2.35. The molecule has 0 N–H and O–H groups in total. The van der Waals surface area contributed by atoms with Crippen molar-refractivity contribution in [1.29, 1.82) is 0 Å². The third-order valence-electron chi connectivity index (χ3n) is 4.75. The van der Waals surface area contributed by atoms with Gasteiger partial charge in [-0.2, -0.15) is 0 Å². The third-order valence-corrected chi connectivity index (χ3v) is 4.75. The number of piperidine rings is 1. The molecule has 3 rings (SSSR count). The first-order valence-corrected chi connectivity index (χ1v) is 7.97. The van der Waals surface area contributed by atoms with E-state index in [9.17, 15) is 10.1 Å². The van der Waals surface area contributed by atoms with Crippen molar-refractivity contribution in [3.63, 3.8) is 0 Å². The fourth-order valence-electron chi connectivity index (χ4n) is 3.38. The number of nitro benzene ring substituents is 1. The summed E-state index contributed by atoms with van der Waals surface area (Å²) in [6.45, 7) is 3.26. The summed E-state index contributed by atoms with van der Waals surface area (Å²) in [5.41, 5.74) is 1.15. The highest BCUT2D eigenvalue weighted by atomic mass is 16.6. The topological polar surface area (TPSA) is 62.5 Å². The molecule has 23 heavy (non-hydrogen) atoms. The van der Waals surface area contributed by atoms with E-state index in [1.807, 2.05) is 12.1 Å². The maximum atomic E-state index is 11.2. The van der Waals surface area contributed by atoms with E-state index in [0.29, 0.717) is 11.3 Å². The second-order valence-corrected chi connectivity index (χ2v) is 6.41. The molecule has 0 atom stereocenters. The van der Waals surface area contributed by atoms with Crippen molar-refractivity contribution in [2.75, 3.05) is 38.6 Å². The fraction of sp³-hybridized carbons (Fsp3) is 0.471. The van der Waals surface area contributed by atoms with Gasteiger partial charge in [0.15, 0.2) is 0 Å². The summed E-state index contributed by atoms with van der Waals surface area (Å²) in [7, 11) is 4.23. The Bertz CT molecular complexity index is 711. The quantitative estimate of drug-likeness (QED) is 0.641. The molecule has 1 aliphatic rings. The van der Waals surface area contributed by atoms with E-state index >= 15 is 0 Å². The van der Waals surface area contributed by atoms with Crippen molar-refractivity contribution in [1.82, 2.24) is 9.88 Å². The van der Waals surface area contributed by atoms with E-state index in [1.54, 1.807) is 18.5 Å². The Morgan fingerprint density at radius 2 is 2.04 bits per heavy atom. The summed E-state index contributed by atoms with van der Waals surface area (Å²) in [5, 5.41) is 12.7. The first kappa shape index (κ1) is 15.7. The zero-order chi connectivity index (χ0) is 16.4. The molecule has 0 bridgehead atoms. The number of fused-ring (bicyclic) bond motifs is 1. The van der Waals surface area contributed by atoms with Crippen molar-refractivity contribution >= 4 is 22.1 Å². The summed E-state index contributed by atoms with van der Waals surface area (Å²) in [6, 6.07) is 5.31. The number of hydrogen-bond acceptors (Lipinski definition) is 5. The molecular formula is C17H22N4O2. The molecule has 1 aromatic carbocycles. The molecule has 2 aromatic rings. The Morgan fingerprint density at radius 1 is 1.30 bits per heavy atom. The van der Waals surface area contributed by atoms with Gasteiger partial charge in [0.05, 0.1) is 10.3 Å². The Kier molecular flexibility index (Phi) is 4.43. The van der Waals surface area contributed by atoms with Gasteiger partial charge in [0.2, 0.25) is 0 Å². The van der Waals surface area contributed by atoms with Gasteiger partial charge in [0, 0.05) is 43.1 Å². The van der Waals surface area contributed by atoms with Crippen LogP contribution < -0.4 is 4.90 Å². The van der Waals surface area contributed by atoms with Crippen LogP contribution in [0, 0.1) is 16.0 Å². The van der Waals surface area contributed by atoms with Crippen LogP contribution in [0.15, 0.2) is 30.6 Å². The maximum Gasteiger partial charge on any atom is 0.278 e. The Morgan fingerprint density at radius 3 is 2.74 bits per heavy atom. The second kappa shape index (κ2) is 6.50. The smallest absolute Gasteiger partial charge is 0.278 e. The van der Waals surface area contributed by atoms with E-state index in [4.69, 9.17) is 0 Å². The molecule has 1 aromatic heterocycles. The predicted octanol–water partition coefficient (Wildman–Crippen LogP) is 2.92. The number of nitro groups is 1. The molecule has 0 radical (unpaired) electrons. The van der Waals surface area contributed by atoms with Crippen molar-refractivity contribution in [2.45, 2.75) is 12.8 Å².